The quantitative estimate of drug-likeness (QED) is 0.610. The van der Waals surface area contributed by atoms with E-state index in [0.717, 1.165) is 17.3 Å². The Bertz CT molecular complexity index is 930. The Kier molecular flexibility index (Phi) is 6.04. The van der Waals surface area contributed by atoms with Gasteiger partial charge in [-0.2, -0.15) is 0 Å². The number of aromatic amines is 1. The van der Waals surface area contributed by atoms with Crippen LogP contribution in [0.2, 0.25) is 5.02 Å². The molecule has 26 heavy (non-hydrogen) atoms. The molecule has 0 aliphatic rings. The largest absolute Gasteiger partial charge is 0.323 e. The molecule has 0 unspecified atom stereocenters. The average Bonchev–Trinajstić information content (AvgIpc) is 3.10. The number of rotatable bonds is 6. The zero-order valence-corrected chi connectivity index (χ0v) is 15.0. The van der Waals surface area contributed by atoms with E-state index >= 15 is 0 Å². The number of nitrogens with zero attached hydrogens (tertiary/aromatic N) is 2. The monoisotopic (exact) mass is 388 g/mol. The summed E-state index contributed by atoms with van der Waals surface area (Å²) in [5, 5.41) is 10.1. The molecule has 2 aromatic carbocycles. The van der Waals surface area contributed by atoms with Crippen LogP contribution in [0, 0.1) is 5.82 Å². The van der Waals surface area contributed by atoms with Crippen molar-refractivity contribution in [1.82, 2.24) is 15.2 Å². The van der Waals surface area contributed by atoms with Crippen LogP contribution in [0.3, 0.4) is 0 Å². The Morgan fingerprint density at radius 2 is 2.04 bits per heavy atom. The molecule has 3 aromatic rings. The van der Waals surface area contributed by atoms with Crippen LogP contribution < -0.4 is 5.32 Å². The number of hydrogen-bond acceptors (Lipinski definition) is 4. The molecule has 1 aromatic heterocycles. The van der Waals surface area contributed by atoms with E-state index in [-0.39, 0.29) is 17.3 Å². The normalized spacial score (nSPS) is 11.0. The third-order valence-electron chi connectivity index (χ3n) is 3.25. The lowest BCUT2D eigenvalue weighted by molar-refractivity contribution is -0.113. The fourth-order valence-corrected chi connectivity index (χ4v) is 2.82. The third-order valence-corrected chi connectivity index (χ3v) is 4.33. The number of carbonyl (C=O) groups is 1. The number of thioether (sulfide) groups is 1. The first kappa shape index (κ1) is 18.2. The molecule has 0 saturated carbocycles. The number of amides is 1. The van der Waals surface area contributed by atoms with Gasteiger partial charge in [0, 0.05) is 5.02 Å². The first-order valence-corrected chi connectivity index (χ1v) is 9.00. The third kappa shape index (κ3) is 5.18. The molecule has 0 bridgehead atoms. The van der Waals surface area contributed by atoms with Crippen molar-refractivity contribution in [3.63, 3.8) is 0 Å². The summed E-state index contributed by atoms with van der Waals surface area (Å²) in [7, 11) is 0. The van der Waals surface area contributed by atoms with Crippen LogP contribution >= 0.6 is 23.4 Å². The van der Waals surface area contributed by atoms with Gasteiger partial charge in [0.1, 0.15) is 11.6 Å². The molecule has 0 radical (unpaired) electrons. The minimum atomic E-state index is -0.543. The molecule has 2 N–H and O–H groups in total. The molecular weight excluding hydrogens is 375 g/mol. The molecule has 0 spiro atoms. The van der Waals surface area contributed by atoms with Gasteiger partial charge in [-0.1, -0.05) is 59.8 Å². The SMILES string of the molecule is O=C(CSc1n[nH]c(/C=C/c2ccccc2)n1)Nc1cc(Cl)ccc1F. The number of anilines is 1. The molecule has 1 heterocycles. The highest BCUT2D eigenvalue weighted by molar-refractivity contribution is 7.99. The van der Waals surface area contributed by atoms with Crippen molar-refractivity contribution in [2.45, 2.75) is 5.16 Å². The summed E-state index contributed by atoms with van der Waals surface area (Å²) in [4.78, 5) is 16.2. The van der Waals surface area contributed by atoms with Crippen molar-refractivity contribution < 1.29 is 9.18 Å². The van der Waals surface area contributed by atoms with Gasteiger partial charge in [-0.3, -0.25) is 9.89 Å². The van der Waals surface area contributed by atoms with Crippen LogP contribution in [0.15, 0.2) is 53.7 Å². The second-order valence-corrected chi connectivity index (χ2v) is 6.59. The lowest BCUT2D eigenvalue weighted by Crippen LogP contribution is -2.15. The summed E-state index contributed by atoms with van der Waals surface area (Å²) >= 11 is 6.94. The smallest absolute Gasteiger partial charge is 0.234 e. The van der Waals surface area contributed by atoms with E-state index in [1.54, 1.807) is 6.08 Å². The van der Waals surface area contributed by atoms with E-state index in [2.05, 4.69) is 20.5 Å². The van der Waals surface area contributed by atoms with Gasteiger partial charge in [-0.25, -0.2) is 9.37 Å². The Hall–Kier alpha value is -2.64. The Morgan fingerprint density at radius 3 is 2.85 bits per heavy atom. The number of benzene rings is 2. The van der Waals surface area contributed by atoms with E-state index < -0.39 is 5.82 Å². The number of aromatic nitrogens is 3. The number of H-pyrrole nitrogens is 1. The van der Waals surface area contributed by atoms with Gasteiger partial charge in [0.2, 0.25) is 11.1 Å². The fraction of sp³-hybridized carbons (Fsp3) is 0.0556. The maximum absolute atomic E-state index is 13.6. The van der Waals surface area contributed by atoms with E-state index in [1.807, 2.05) is 36.4 Å². The Balaban J connectivity index is 1.53. The number of carbonyl (C=O) groups excluding carboxylic acids is 1. The summed E-state index contributed by atoms with van der Waals surface area (Å²) in [5.74, 6) is -0.287. The number of nitrogens with one attached hydrogen (secondary N) is 2. The highest BCUT2D eigenvalue weighted by Gasteiger charge is 2.10. The van der Waals surface area contributed by atoms with Gasteiger partial charge in [0.15, 0.2) is 0 Å². The maximum Gasteiger partial charge on any atom is 0.234 e. The van der Waals surface area contributed by atoms with Crippen LogP contribution in [0.25, 0.3) is 12.2 Å². The van der Waals surface area contributed by atoms with Crippen molar-refractivity contribution >= 4 is 47.1 Å². The minimum absolute atomic E-state index is 0.0459. The molecule has 8 heteroatoms. The van der Waals surface area contributed by atoms with Gasteiger partial charge in [0.25, 0.3) is 0 Å². The predicted octanol–water partition coefficient (Wildman–Crippen LogP) is 4.50. The molecule has 0 atom stereocenters. The van der Waals surface area contributed by atoms with Crippen LogP contribution in [0.4, 0.5) is 10.1 Å². The van der Waals surface area contributed by atoms with Crippen molar-refractivity contribution in [2.24, 2.45) is 0 Å². The number of halogens is 2. The molecule has 3 rings (SSSR count). The molecule has 0 aliphatic heterocycles. The zero-order chi connectivity index (χ0) is 18.4. The molecule has 0 aliphatic carbocycles. The summed E-state index contributed by atoms with van der Waals surface area (Å²) in [6, 6.07) is 13.8. The lowest BCUT2D eigenvalue weighted by atomic mass is 10.2. The summed E-state index contributed by atoms with van der Waals surface area (Å²) in [5.41, 5.74) is 1.09. The van der Waals surface area contributed by atoms with Crippen molar-refractivity contribution in [2.75, 3.05) is 11.1 Å². The zero-order valence-electron chi connectivity index (χ0n) is 13.4. The minimum Gasteiger partial charge on any atom is -0.323 e. The van der Waals surface area contributed by atoms with E-state index in [0.29, 0.717) is 16.0 Å². The molecular formula is C18H14ClFN4OS. The Labute approximate surface area is 158 Å². The summed E-state index contributed by atoms with van der Waals surface area (Å²) < 4.78 is 13.6. The number of hydrogen-bond donors (Lipinski definition) is 2. The topological polar surface area (TPSA) is 70.7 Å². The van der Waals surface area contributed by atoms with E-state index in [1.165, 1.54) is 18.2 Å². The highest BCUT2D eigenvalue weighted by Crippen LogP contribution is 2.20. The van der Waals surface area contributed by atoms with Crippen LogP contribution in [-0.4, -0.2) is 26.8 Å². The first-order valence-electron chi connectivity index (χ1n) is 7.63. The summed E-state index contributed by atoms with van der Waals surface area (Å²) in [6.45, 7) is 0. The van der Waals surface area contributed by atoms with Crippen LogP contribution in [0.5, 0.6) is 0 Å². The van der Waals surface area contributed by atoms with Gasteiger partial charge in [-0.15, -0.1) is 5.10 Å². The Morgan fingerprint density at radius 1 is 1.23 bits per heavy atom. The van der Waals surface area contributed by atoms with Gasteiger partial charge in [0.05, 0.1) is 11.4 Å². The standard InChI is InChI=1S/C18H14ClFN4OS/c19-13-7-8-14(20)15(10-13)21-17(25)11-26-18-22-16(23-24-18)9-6-12-4-2-1-3-5-12/h1-10H,11H2,(H,21,25)(H,22,23,24)/b9-6+. The van der Waals surface area contributed by atoms with Crippen molar-refractivity contribution in [3.8, 4) is 0 Å². The molecule has 5 nitrogen and oxygen atoms in total. The van der Waals surface area contributed by atoms with Crippen molar-refractivity contribution in [1.29, 1.82) is 0 Å². The van der Waals surface area contributed by atoms with Crippen molar-refractivity contribution in [3.05, 3.63) is 70.8 Å². The fourth-order valence-electron chi connectivity index (χ4n) is 2.05. The second-order valence-electron chi connectivity index (χ2n) is 5.21. The molecule has 132 valence electrons. The summed E-state index contributed by atoms with van der Waals surface area (Å²) in [6.07, 6.45) is 3.71. The highest BCUT2D eigenvalue weighted by atomic mass is 35.5. The van der Waals surface area contributed by atoms with Gasteiger partial charge < -0.3 is 5.32 Å². The van der Waals surface area contributed by atoms with Crippen LogP contribution in [0.1, 0.15) is 11.4 Å². The average molecular weight is 389 g/mol. The second kappa shape index (κ2) is 8.64. The predicted molar refractivity (Wildman–Crippen MR) is 103 cm³/mol. The molecule has 0 fully saturated rings. The van der Waals surface area contributed by atoms with Gasteiger partial charge in [-0.05, 0) is 29.8 Å². The maximum atomic E-state index is 13.6. The molecule has 0 saturated heterocycles. The van der Waals surface area contributed by atoms with E-state index in [4.69, 9.17) is 11.6 Å². The van der Waals surface area contributed by atoms with E-state index in [9.17, 15) is 9.18 Å². The lowest BCUT2D eigenvalue weighted by Gasteiger charge is -2.05. The first-order chi connectivity index (χ1) is 12.6. The van der Waals surface area contributed by atoms with Gasteiger partial charge >= 0.3 is 0 Å². The van der Waals surface area contributed by atoms with Crippen LogP contribution in [-0.2, 0) is 4.79 Å². The molecule has 1 amide bonds.